The molecule has 0 bridgehead atoms. The molecule has 1 aromatic rings. The normalized spacial score (nSPS) is 28.5. The van der Waals surface area contributed by atoms with E-state index in [0.717, 1.165) is 13.0 Å². The number of aromatic nitrogens is 2. The molecule has 0 spiro atoms. The second-order valence-electron chi connectivity index (χ2n) is 5.94. The molecule has 21 heavy (non-hydrogen) atoms. The number of ether oxygens (including phenoxy) is 1. The van der Waals surface area contributed by atoms with Gasteiger partial charge in [-0.15, -0.1) is 0 Å². The van der Waals surface area contributed by atoms with Crippen molar-refractivity contribution in [1.82, 2.24) is 9.97 Å². The van der Waals surface area contributed by atoms with Crippen molar-refractivity contribution in [1.29, 1.82) is 0 Å². The van der Waals surface area contributed by atoms with Crippen molar-refractivity contribution in [2.45, 2.75) is 13.3 Å². The SMILES string of the molecule is Cc1cc(C(=O)O)nc(N2C[C@@H]3CCOC[C@]3(CO)C2)n1. The highest BCUT2D eigenvalue weighted by molar-refractivity contribution is 5.85. The Balaban J connectivity index is 1.90. The fourth-order valence-electron chi connectivity index (χ4n) is 3.28. The van der Waals surface area contributed by atoms with Crippen molar-refractivity contribution in [2.75, 3.05) is 37.8 Å². The fraction of sp³-hybridized carbons (Fsp3) is 0.643. The Labute approximate surface area is 122 Å². The minimum Gasteiger partial charge on any atom is -0.477 e. The lowest BCUT2D eigenvalue weighted by molar-refractivity contribution is -0.0543. The molecule has 2 N–H and O–H groups in total. The van der Waals surface area contributed by atoms with Gasteiger partial charge in [0.15, 0.2) is 5.69 Å². The van der Waals surface area contributed by atoms with Crippen LogP contribution in [0.25, 0.3) is 0 Å². The van der Waals surface area contributed by atoms with Crippen LogP contribution in [0.4, 0.5) is 5.95 Å². The van der Waals surface area contributed by atoms with Crippen molar-refractivity contribution < 1.29 is 19.7 Å². The van der Waals surface area contributed by atoms with E-state index in [9.17, 15) is 9.90 Å². The van der Waals surface area contributed by atoms with Crippen LogP contribution in [0, 0.1) is 18.3 Å². The maximum Gasteiger partial charge on any atom is 0.354 e. The average Bonchev–Trinajstić information content (AvgIpc) is 2.86. The Morgan fingerprint density at radius 3 is 3.05 bits per heavy atom. The summed E-state index contributed by atoms with van der Waals surface area (Å²) in [6.07, 6.45) is 0.897. The van der Waals surface area contributed by atoms with Crippen molar-refractivity contribution in [3.63, 3.8) is 0 Å². The number of fused-ring (bicyclic) bond motifs is 1. The Hall–Kier alpha value is -1.73. The van der Waals surface area contributed by atoms with Crippen molar-refractivity contribution in [2.24, 2.45) is 11.3 Å². The van der Waals surface area contributed by atoms with E-state index in [4.69, 9.17) is 9.84 Å². The summed E-state index contributed by atoms with van der Waals surface area (Å²) in [5.41, 5.74) is 0.345. The van der Waals surface area contributed by atoms with Gasteiger partial charge in [-0.3, -0.25) is 0 Å². The summed E-state index contributed by atoms with van der Waals surface area (Å²) in [5, 5.41) is 18.9. The number of aromatic carboxylic acids is 1. The third-order valence-electron chi connectivity index (χ3n) is 4.47. The topological polar surface area (TPSA) is 95.8 Å². The molecule has 0 saturated carbocycles. The van der Waals surface area contributed by atoms with Gasteiger partial charge in [0, 0.05) is 30.8 Å². The molecule has 2 aliphatic rings. The maximum atomic E-state index is 11.1. The van der Waals surface area contributed by atoms with Crippen molar-refractivity contribution in [3.8, 4) is 0 Å². The third kappa shape index (κ3) is 2.47. The number of anilines is 1. The smallest absolute Gasteiger partial charge is 0.354 e. The number of aliphatic hydroxyl groups excluding tert-OH is 1. The van der Waals surface area contributed by atoms with E-state index in [1.54, 1.807) is 6.92 Å². The van der Waals surface area contributed by atoms with Crippen molar-refractivity contribution >= 4 is 11.9 Å². The van der Waals surface area contributed by atoms with Crippen LogP contribution >= 0.6 is 0 Å². The van der Waals surface area contributed by atoms with Gasteiger partial charge >= 0.3 is 5.97 Å². The van der Waals surface area contributed by atoms with E-state index < -0.39 is 5.97 Å². The summed E-state index contributed by atoms with van der Waals surface area (Å²) < 4.78 is 5.53. The predicted octanol–water partition coefficient (Wildman–Crippen LogP) is 0.318. The number of nitrogens with zero attached hydrogens (tertiary/aromatic N) is 3. The molecular formula is C14H19N3O4. The van der Waals surface area contributed by atoms with E-state index in [1.165, 1.54) is 6.07 Å². The van der Waals surface area contributed by atoms with E-state index in [-0.39, 0.29) is 17.7 Å². The van der Waals surface area contributed by atoms with Crippen LogP contribution in [0.15, 0.2) is 6.07 Å². The van der Waals surface area contributed by atoms with Gasteiger partial charge < -0.3 is 19.8 Å². The standard InChI is InChI=1S/C14H19N3O4/c1-9-4-11(12(19)20)16-13(15-9)17-5-10-2-3-21-8-14(10,6-17)7-18/h4,10,18H,2-3,5-8H2,1H3,(H,19,20)/t10-,14+/m0/s1. The van der Waals surface area contributed by atoms with Gasteiger partial charge in [-0.1, -0.05) is 0 Å². The molecule has 0 aliphatic carbocycles. The second kappa shape index (κ2) is 5.23. The lowest BCUT2D eigenvalue weighted by Crippen LogP contribution is -2.43. The van der Waals surface area contributed by atoms with Gasteiger partial charge in [0.2, 0.25) is 5.95 Å². The van der Waals surface area contributed by atoms with Gasteiger partial charge in [-0.25, -0.2) is 14.8 Å². The van der Waals surface area contributed by atoms with Crippen molar-refractivity contribution in [3.05, 3.63) is 17.5 Å². The molecule has 0 aromatic carbocycles. The summed E-state index contributed by atoms with van der Waals surface area (Å²) in [6, 6.07) is 1.46. The first-order valence-electron chi connectivity index (χ1n) is 7.06. The number of carboxylic acid groups (broad SMARTS) is 1. The number of aryl methyl sites for hydroxylation is 1. The minimum atomic E-state index is -1.06. The summed E-state index contributed by atoms with van der Waals surface area (Å²) >= 11 is 0. The monoisotopic (exact) mass is 293 g/mol. The van der Waals surface area contributed by atoms with Crippen LogP contribution in [0.1, 0.15) is 22.6 Å². The molecule has 2 saturated heterocycles. The molecule has 2 atom stereocenters. The average molecular weight is 293 g/mol. The highest BCUT2D eigenvalue weighted by Crippen LogP contribution is 2.41. The maximum absolute atomic E-state index is 11.1. The van der Waals surface area contributed by atoms with Gasteiger partial charge in [0.05, 0.1) is 13.2 Å². The van der Waals surface area contributed by atoms with Gasteiger partial charge in [0.25, 0.3) is 0 Å². The lowest BCUT2D eigenvalue weighted by atomic mass is 9.76. The zero-order valence-electron chi connectivity index (χ0n) is 11.9. The summed E-state index contributed by atoms with van der Waals surface area (Å²) in [5.74, 6) is -0.304. The first-order valence-corrected chi connectivity index (χ1v) is 7.06. The van der Waals surface area contributed by atoms with E-state index >= 15 is 0 Å². The van der Waals surface area contributed by atoms with E-state index in [1.807, 2.05) is 4.90 Å². The van der Waals surface area contributed by atoms with Crippen LogP contribution in [-0.2, 0) is 4.74 Å². The fourth-order valence-corrected chi connectivity index (χ4v) is 3.28. The number of hydrogen-bond acceptors (Lipinski definition) is 6. The summed E-state index contributed by atoms with van der Waals surface area (Å²) in [7, 11) is 0. The Kier molecular flexibility index (Phi) is 3.54. The highest BCUT2D eigenvalue weighted by atomic mass is 16.5. The molecule has 3 heterocycles. The molecule has 2 fully saturated rings. The summed E-state index contributed by atoms with van der Waals surface area (Å²) in [6.45, 7) is 4.37. The Morgan fingerprint density at radius 1 is 1.57 bits per heavy atom. The number of aliphatic hydroxyl groups is 1. The first-order chi connectivity index (χ1) is 10.0. The highest BCUT2D eigenvalue weighted by Gasteiger charge is 2.48. The number of rotatable bonds is 3. The quantitative estimate of drug-likeness (QED) is 0.828. The van der Waals surface area contributed by atoms with Crippen LogP contribution in [0.5, 0.6) is 0 Å². The molecule has 1 aromatic heterocycles. The number of carbonyl (C=O) groups is 1. The summed E-state index contributed by atoms with van der Waals surface area (Å²) in [4.78, 5) is 21.6. The number of carboxylic acids is 1. The largest absolute Gasteiger partial charge is 0.477 e. The molecule has 3 rings (SSSR count). The Morgan fingerprint density at radius 2 is 2.38 bits per heavy atom. The number of hydrogen-bond donors (Lipinski definition) is 2. The molecule has 114 valence electrons. The third-order valence-corrected chi connectivity index (χ3v) is 4.47. The van der Waals surface area contributed by atoms with E-state index in [0.29, 0.717) is 37.3 Å². The molecular weight excluding hydrogens is 274 g/mol. The molecule has 2 aliphatic heterocycles. The molecule has 7 heteroatoms. The second-order valence-corrected chi connectivity index (χ2v) is 5.94. The predicted molar refractivity (Wildman–Crippen MR) is 74.4 cm³/mol. The first kappa shape index (κ1) is 14.2. The molecule has 0 radical (unpaired) electrons. The zero-order chi connectivity index (χ0) is 15.0. The molecule has 0 amide bonds. The Bertz CT molecular complexity index is 565. The van der Waals surface area contributed by atoms with Crippen LogP contribution < -0.4 is 4.90 Å². The zero-order valence-corrected chi connectivity index (χ0v) is 11.9. The van der Waals surface area contributed by atoms with Gasteiger partial charge in [-0.2, -0.15) is 0 Å². The van der Waals surface area contributed by atoms with Gasteiger partial charge in [0.1, 0.15) is 0 Å². The van der Waals surface area contributed by atoms with Crippen LogP contribution in [0.3, 0.4) is 0 Å². The molecule has 7 nitrogen and oxygen atoms in total. The van der Waals surface area contributed by atoms with Crippen LogP contribution in [0.2, 0.25) is 0 Å². The molecule has 0 unspecified atom stereocenters. The van der Waals surface area contributed by atoms with Crippen LogP contribution in [-0.4, -0.2) is 59.1 Å². The van der Waals surface area contributed by atoms with Gasteiger partial charge in [-0.05, 0) is 25.3 Å². The van der Waals surface area contributed by atoms with E-state index in [2.05, 4.69) is 9.97 Å². The lowest BCUT2D eigenvalue weighted by Gasteiger charge is -2.36. The minimum absolute atomic E-state index is 0.00155.